The lowest BCUT2D eigenvalue weighted by Gasteiger charge is -2.32. The molecule has 1 amide bonds. The summed E-state index contributed by atoms with van der Waals surface area (Å²) < 4.78 is 5.91. The number of likely N-dealkylation sites (tertiary alicyclic amines) is 1. The van der Waals surface area contributed by atoms with Gasteiger partial charge >= 0.3 is 0 Å². The fraction of sp³-hybridized carbons (Fsp3) is 0.368. The van der Waals surface area contributed by atoms with E-state index in [9.17, 15) is 4.79 Å². The standard InChI is InChI=1S/C19H21ClN2O2/c1-14-4-2-6-16(10-14)24-13-15-5-3-9-22(12-15)19(23)17-7-8-21-11-18(17)20/h2,4,6-8,10-11,15H,3,5,9,12-13H2,1H3. The van der Waals surface area contributed by atoms with Gasteiger partial charge in [-0.1, -0.05) is 23.7 Å². The van der Waals surface area contributed by atoms with Crippen molar-refractivity contribution in [3.05, 3.63) is 58.9 Å². The minimum absolute atomic E-state index is 0.0253. The molecule has 1 aliphatic rings. The third-order valence-corrected chi connectivity index (χ3v) is 4.59. The number of piperidine rings is 1. The van der Waals surface area contributed by atoms with Crippen LogP contribution in [-0.2, 0) is 0 Å². The van der Waals surface area contributed by atoms with E-state index < -0.39 is 0 Å². The summed E-state index contributed by atoms with van der Waals surface area (Å²) >= 11 is 6.10. The van der Waals surface area contributed by atoms with Crippen LogP contribution in [0.4, 0.5) is 0 Å². The van der Waals surface area contributed by atoms with E-state index in [-0.39, 0.29) is 5.91 Å². The lowest BCUT2D eigenvalue weighted by molar-refractivity contribution is 0.0633. The molecule has 1 aromatic heterocycles. The van der Waals surface area contributed by atoms with Crippen LogP contribution in [-0.4, -0.2) is 35.5 Å². The Labute approximate surface area is 147 Å². The Kier molecular flexibility index (Phi) is 5.36. The number of benzene rings is 1. The Balaban J connectivity index is 1.60. The first-order chi connectivity index (χ1) is 11.6. The summed E-state index contributed by atoms with van der Waals surface area (Å²) in [6, 6.07) is 9.72. The number of ether oxygens (including phenoxy) is 1. The second-order valence-electron chi connectivity index (χ2n) is 6.24. The summed E-state index contributed by atoms with van der Waals surface area (Å²) in [5.74, 6) is 1.20. The van der Waals surface area contributed by atoms with Crippen molar-refractivity contribution in [1.82, 2.24) is 9.88 Å². The zero-order chi connectivity index (χ0) is 16.9. The number of carbonyl (C=O) groups excluding carboxylic acids is 1. The molecular formula is C19H21ClN2O2. The van der Waals surface area contributed by atoms with Crippen LogP contribution in [0.5, 0.6) is 5.75 Å². The molecule has 4 nitrogen and oxygen atoms in total. The van der Waals surface area contributed by atoms with Gasteiger partial charge in [-0.15, -0.1) is 0 Å². The molecule has 0 spiro atoms. The van der Waals surface area contributed by atoms with Crippen molar-refractivity contribution in [3.8, 4) is 5.75 Å². The Morgan fingerprint density at radius 1 is 1.42 bits per heavy atom. The second-order valence-corrected chi connectivity index (χ2v) is 6.65. The molecule has 1 saturated heterocycles. The molecule has 126 valence electrons. The number of hydrogen-bond acceptors (Lipinski definition) is 3. The van der Waals surface area contributed by atoms with E-state index in [1.54, 1.807) is 12.3 Å². The van der Waals surface area contributed by atoms with Crippen LogP contribution >= 0.6 is 11.6 Å². The minimum Gasteiger partial charge on any atom is -0.493 e. The highest BCUT2D eigenvalue weighted by Gasteiger charge is 2.26. The molecule has 24 heavy (non-hydrogen) atoms. The number of halogens is 1. The third kappa shape index (κ3) is 4.06. The summed E-state index contributed by atoms with van der Waals surface area (Å²) in [5.41, 5.74) is 1.70. The average Bonchev–Trinajstić information content (AvgIpc) is 2.60. The summed E-state index contributed by atoms with van der Waals surface area (Å²) in [4.78, 5) is 18.5. The van der Waals surface area contributed by atoms with Gasteiger partial charge in [-0.2, -0.15) is 0 Å². The third-order valence-electron chi connectivity index (χ3n) is 4.28. The molecule has 0 N–H and O–H groups in total. The van der Waals surface area contributed by atoms with Gasteiger partial charge in [0.05, 0.1) is 17.2 Å². The maximum Gasteiger partial charge on any atom is 0.255 e. The molecule has 1 unspecified atom stereocenters. The number of aromatic nitrogens is 1. The van der Waals surface area contributed by atoms with Gasteiger partial charge in [-0.05, 0) is 43.5 Å². The van der Waals surface area contributed by atoms with Crippen molar-refractivity contribution in [2.75, 3.05) is 19.7 Å². The molecule has 0 aliphatic carbocycles. The van der Waals surface area contributed by atoms with E-state index >= 15 is 0 Å². The molecule has 3 rings (SSSR count). The number of amides is 1. The van der Waals surface area contributed by atoms with E-state index in [2.05, 4.69) is 4.98 Å². The van der Waals surface area contributed by atoms with E-state index in [0.29, 0.717) is 29.7 Å². The van der Waals surface area contributed by atoms with Gasteiger partial charge in [-0.25, -0.2) is 0 Å². The first-order valence-electron chi connectivity index (χ1n) is 8.22. The molecule has 2 heterocycles. The fourth-order valence-electron chi connectivity index (χ4n) is 3.02. The van der Waals surface area contributed by atoms with Gasteiger partial charge in [-0.3, -0.25) is 9.78 Å². The fourth-order valence-corrected chi connectivity index (χ4v) is 3.22. The van der Waals surface area contributed by atoms with E-state index in [4.69, 9.17) is 16.3 Å². The number of carbonyl (C=O) groups is 1. The van der Waals surface area contributed by atoms with Crippen LogP contribution in [0.25, 0.3) is 0 Å². The zero-order valence-corrected chi connectivity index (χ0v) is 14.5. The van der Waals surface area contributed by atoms with Crippen molar-refractivity contribution < 1.29 is 9.53 Å². The molecule has 2 aromatic rings. The highest BCUT2D eigenvalue weighted by atomic mass is 35.5. The Bertz CT molecular complexity index is 720. The van der Waals surface area contributed by atoms with Gasteiger partial charge in [0.15, 0.2) is 0 Å². The van der Waals surface area contributed by atoms with E-state index in [0.717, 1.165) is 25.1 Å². The molecule has 5 heteroatoms. The predicted octanol–water partition coefficient (Wildman–Crippen LogP) is 3.97. The highest BCUT2D eigenvalue weighted by Crippen LogP contribution is 2.23. The Hall–Kier alpha value is -2.07. The summed E-state index contributed by atoms with van der Waals surface area (Å²) in [6.07, 6.45) is 5.16. The average molecular weight is 345 g/mol. The maximum absolute atomic E-state index is 12.7. The molecule has 1 aromatic carbocycles. The van der Waals surface area contributed by atoms with Crippen molar-refractivity contribution in [3.63, 3.8) is 0 Å². The summed E-state index contributed by atoms with van der Waals surface area (Å²) in [5, 5.41) is 0.403. The van der Waals surface area contributed by atoms with Gasteiger partial charge < -0.3 is 9.64 Å². The Morgan fingerprint density at radius 3 is 3.08 bits per heavy atom. The van der Waals surface area contributed by atoms with Gasteiger partial charge in [0, 0.05) is 31.4 Å². The van der Waals surface area contributed by atoms with E-state index in [1.165, 1.54) is 11.8 Å². The number of rotatable bonds is 4. The van der Waals surface area contributed by atoms with Gasteiger partial charge in [0.2, 0.25) is 0 Å². The minimum atomic E-state index is -0.0253. The van der Waals surface area contributed by atoms with Crippen molar-refractivity contribution in [2.45, 2.75) is 19.8 Å². The summed E-state index contributed by atoms with van der Waals surface area (Å²) in [6.45, 7) is 4.13. The molecule has 0 bridgehead atoms. The van der Waals surface area contributed by atoms with E-state index in [1.807, 2.05) is 36.1 Å². The number of aryl methyl sites for hydroxylation is 1. The number of hydrogen-bond donors (Lipinski definition) is 0. The molecule has 1 atom stereocenters. The molecular weight excluding hydrogens is 324 g/mol. The predicted molar refractivity (Wildman–Crippen MR) is 94.5 cm³/mol. The van der Waals surface area contributed by atoms with Crippen LogP contribution < -0.4 is 4.74 Å². The topological polar surface area (TPSA) is 42.4 Å². The van der Waals surface area contributed by atoms with Gasteiger partial charge in [0.25, 0.3) is 5.91 Å². The second kappa shape index (κ2) is 7.67. The van der Waals surface area contributed by atoms with Crippen LogP contribution in [0.15, 0.2) is 42.7 Å². The maximum atomic E-state index is 12.7. The lowest BCUT2D eigenvalue weighted by Crippen LogP contribution is -2.41. The number of pyridine rings is 1. The molecule has 0 radical (unpaired) electrons. The smallest absolute Gasteiger partial charge is 0.255 e. The SMILES string of the molecule is Cc1cccc(OCC2CCCN(C(=O)c3ccncc3Cl)C2)c1. The first kappa shape index (κ1) is 16.8. The van der Waals surface area contributed by atoms with Crippen LogP contribution in [0, 0.1) is 12.8 Å². The largest absolute Gasteiger partial charge is 0.493 e. The Morgan fingerprint density at radius 2 is 2.29 bits per heavy atom. The summed E-state index contributed by atoms with van der Waals surface area (Å²) in [7, 11) is 0. The van der Waals surface area contributed by atoms with Crippen LogP contribution in [0.3, 0.4) is 0 Å². The quantitative estimate of drug-likeness (QED) is 0.842. The lowest BCUT2D eigenvalue weighted by atomic mass is 9.98. The van der Waals surface area contributed by atoms with Crippen molar-refractivity contribution >= 4 is 17.5 Å². The molecule has 0 saturated carbocycles. The molecule has 1 fully saturated rings. The van der Waals surface area contributed by atoms with Crippen molar-refractivity contribution in [1.29, 1.82) is 0 Å². The van der Waals surface area contributed by atoms with Crippen LogP contribution in [0.1, 0.15) is 28.8 Å². The highest BCUT2D eigenvalue weighted by molar-refractivity contribution is 6.33. The number of nitrogens with zero attached hydrogens (tertiary/aromatic N) is 2. The normalized spacial score (nSPS) is 17.6. The first-order valence-corrected chi connectivity index (χ1v) is 8.59. The monoisotopic (exact) mass is 344 g/mol. The van der Waals surface area contributed by atoms with Gasteiger partial charge in [0.1, 0.15) is 5.75 Å². The van der Waals surface area contributed by atoms with Crippen LogP contribution in [0.2, 0.25) is 5.02 Å². The van der Waals surface area contributed by atoms with Crippen molar-refractivity contribution in [2.24, 2.45) is 5.92 Å². The zero-order valence-electron chi connectivity index (χ0n) is 13.7. The molecule has 1 aliphatic heterocycles.